The Morgan fingerprint density at radius 1 is 1.43 bits per heavy atom. The topological polar surface area (TPSA) is 94.0 Å². The summed E-state index contributed by atoms with van der Waals surface area (Å²) in [5.41, 5.74) is 0. The fraction of sp³-hybridized carbons (Fsp3) is 0.538. The summed E-state index contributed by atoms with van der Waals surface area (Å²) in [6.45, 7) is 7.80. The van der Waals surface area contributed by atoms with Crippen molar-refractivity contribution < 1.29 is 14.3 Å². The number of thioether (sulfide) groups is 1. The lowest BCUT2D eigenvalue weighted by molar-refractivity contribution is -0.133. The van der Waals surface area contributed by atoms with E-state index in [0.717, 1.165) is 23.3 Å². The number of oxazole rings is 1. The Balaban J connectivity index is 2.38. The molecule has 0 fully saturated rings. The Hall–Kier alpha value is -1.83. The summed E-state index contributed by atoms with van der Waals surface area (Å²) < 4.78 is 7.46. The molecular weight excluding hydrogens is 292 g/mol. The fourth-order valence-electron chi connectivity index (χ4n) is 1.95. The van der Waals surface area contributed by atoms with Crippen molar-refractivity contribution >= 4 is 17.7 Å². The lowest BCUT2D eigenvalue weighted by Gasteiger charge is -2.16. The number of carboxylic acids is 1. The zero-order valence-corrected chi connectivity index (χ0v) is 13.2. The average molecular weight is 310 g/mol. The van der Waals surface area contributed by atoms with E-state index in [4.69, 9.17) is 9.52 Å². The van der Waals surface area contributed by atoms with Gasteiger partial charge in [0, 0.05) is 5.92 Å². The third-order valence-electron chi connectivity index (χ3n) is 2.92. The number of nitrogens with zero attached hydrogens (tertiary/aromatic N) is 4. The highest BCUT2D eigenvalue weighted by Gasteiger charge is 2.24. The Labute approximate surface area is 126 Å². The summed E-state index contributed by atoms with van der Waals surface area (Å²) in [5, 5.41) is 17.7. The van der Waals surface area contributed by atoms with E-state index in [2.05, 4.69) is 15.2 Å². The largest absolute Gasteiger partial charge is 0.481 e. The van der Waals surface area contributed by atoms with Gasteiger partial charge >= 0.3 is 5.97 Å². The van der Waals surface area contributed by atoms with Crippen LogP contribution < -0.4 is 0 Å². The predicted octanol–water partition coefficient (Wildman–Crippen LogP) is 2.48. The summed E-state index contributed by atoms with van der Waals surface area (Å²) in [4.78, 5) is 15.0. The standard InChI is InChI=1S/C13H18N4O3S/c1-7(2)11-15-16-13(21-6-10(18)19)17(11)9(4)12-14-5-8(3)20-12/h5,7,9H,6H2,1-4H3,(H,18,19). The number of aromatic nitrogens is 4. The van der Waals surface area contributed by atoms with Crippen molar-refractivity contribution in [1.29, 1.82) is 0 Å². The van der Waals surface area contributed by atoms with Gasteiger partial charge in [-0.2, -0.15) is 0 Å². The van der Waals surface area contributed by atoms with E-state index in [1.54, 1.807) is 6.20 Å². The lowest BCUT2D eigenvalue weighted by Crippen LogP contribution is -2.14. The molecule has 0 aliphatic carbocycles. The highest BCUT2D eigenvalue weighted by molar-refractivity contribution is 7.99. The number of rotatable bonds is 6. The first-order valence-electron chi connectivity index (χ1n) is 6.61. The van der Waals surface area contributed by atoms with Crippen molar-refractivity contribution in [3.05, 3.63) is 23.7 Å². The second-order valence-corrected chi connectivity index (χ2v) is 5.98. The monoisotopic (exact) mass is 310 g/mol. The molecule has 2 heterocycles. The maximum atomic E-state index is 10.8. The molecule has 0 saturated carbocycles. The van der Waals surface area contributed by atoms with Gasteiger partial charge in [-0.3, -0.25) is 9.36 Å². The summed E-state index contributed by atoms with van der Waals surface area (Å²) in [5.74, 6) is 1.29. The SMILES string of the molecule is Cc1cnc(C(C)n2c(SCC(=O)O)nnc2C(C)C)o1. The van der Waals surface area contributed by atoms with Gasteiger partial charge < -0.3 is 9.52 Å². The molecule has 1 unspecified atom stereocenters. The summed E-state index contributed by atoms with van der Waals surface area (Å²) in [6.07, 6.45) is 1.66. The summed E-state index contributed by atoms with van der Waals surface area (Å²) in [6, 6.07) is -0.192. The molecule has 0 amide bonds. The van der Waals surface area contributed by atoms with Crippen molar-refractivity contribution in [1.82, 2.24) is 19.7 Å². The molecule has 0 aromatic carbocycles. The van der Waals surface area contributed by atoms with E-state index in [9.17, 15) is 4.79 Å². The van der Waals surface area contributed by atoms with E-state index >= 15 is 0 Å². The molecule has 7 nitrogen and oxygen atoms in total. The van der Waals surface area contributed by atoms with Gasteiger partial charge in [-0.05, 0) is 13.8 Å². The number of aryl methyl sites for hydroxylation is 1. The number of aliphatic carboxylic acids is 1. The van der Waals surface area contributed by atoms with Crippen LogP contribution in [0.25, 0.3) is 0 Å². The van der Waals surface area contributed by atoms with E-state index in [1.807, 2.05) is 32.3 Å². The number of hydrogen-bond acceptors (Lipinski definition) is 6. The normalized spacial score (nSPS) is 12.8. The van der Waals surface area contributed by atoms with Crippen LogP contribution in [0.5, 0.6) is 0 Å². The van der Waals surface area contributed by atoms with Gasteiger partial charge in [-0.25, -0.2) is 4.98 Å². The molecule has 0 aliphatic rings. The molecule has 2 rings (SSSR count). The minimum Gasteiger partial charge on any atom is -0.481 e. The number of carboxylic acid groups (broad SMARTS) is 1. The van der Waals surface area contributed by atoms with Crippen molar-refractivity contribution in [2.75, 3.05) is 5.75 Å². The van der Waals surface area contributed by atoms with E-state index < -0.39 is 5.97 Å². The third-order valence-corrected chi connectivity index (χ3v) is 3.84. The Morgan fingerprint density at radius 3 is 2.67 bits per heavy atom. The molecule has 1 atom stereocenters. The van der Waals surface area contributed by atoms with Crippen LogP contribution in [-0.2, 0) is 4.79 Å². The zero-order chi connectivity index (χ0) is 15.6. The highest BCUT2D eigenvalue weighted by Crippen LogP contribution is 2.28. The van der Waals surface area contributed by atoms with Crippen LogP contribution in [0.2, 0.25) is 0 Å². The van der Waals surface area contributed by atoms with Crippen molar-refractivity contribution in [3.8, 4) is 0 Å². The van der Waals surface area contributed by atoms with Crippen LogP contribution in [0.1, 0.15) is 50.2 Å². The van der Waals surface area contributed by atoms with Gasteiger partial charge in [0.25, 0.3) is 0 Å². The maximum Gasteiger partial charge on any atom is 0.313 e. The van der Waals surface area contributed by atoms with E-state index in [1.165, 1.54) is 0 Å². The minimum atomic E-state index is -0.889. The highest BCUT2D eigenvalue weighted by atomic mass is 32.2. The Bertz CT molecular complexity index is 635. The van der Waals surface area contributed by atoms with Crippen LogP contribution in [0.3, 0.4) is 0 Å². The quantitative estimate of drug-likeness (QED) is 0.819. The molecule has 1 N–H and O–H groups in total. The molecule has 2 aromatic rings. The molecule has 0 radical (unpaired) electrons. The smallest absolute Gasteiger partial charge is 0.313 e. The molecule has 2 aromatic heterocycles. The number of carbonyl (C=O) groups is 1. The van der Waals surface area contributed by atoms with Crippen LogP contribution in [-0.4, -0.2) is 36.6 Å². The third kappa shape index (κ3) is 3.44. The van der Waals surface area contributed by atoms with Crippen molar-refractivity contribution in [3.63, 3.8) is 0 Å². The molecule has 114 valence electrons. The summed E-state index contributed by atoms with van der Waals surface area (Å²) in [7, 11) is 0. The second-order valence-electron chi connectivity index (χ2n) is 5.03. The van der Waals surface area contributed by atoms with E-state index in [-0.39, 0.29) is 17.7 Å². The second kappa shape index (κ2) is 6.30. The van der Waals surface area contributed by atoms with E-state index in [0.29, 0.717) is 11.0 Å². The number of hydrogen-bond donors (Lipinski definition) is 1. The van der Waals surface area contributed by atoms with Gasteiger partial charge in [0.15, 0.2) is 5.16 Å². The molecule has 0 bridgehead atoms. The van der Waals surface area contributed by atoms with Gasteiger partial charge in [-0.1, -0.05) is 25.6 Å². The van der Waals surface area contributed by atoms with Crippen LogP contribution in [0.15, 0.2) is 15.8 Å². The zero-order valence-electron chi connectivity index (χ0n) is 12.4. The molecule has 0 spiro atoms. The minimum absolute atomic E-state index is 0.0619. The van der Waals surface area contributed by atoms with Crippen LogP contribution in [0, 0.1) is 6.92 Å². The first kappa shape index (κ1) is 15.6. The van der Waals surface area contributed by atoms with Crippen LogP contribution >= 0.6 is 11.8 Å². The average Bonchev–Trinajstić information content (AvgIpc) is 3.01. The maximum absolute atomic E-state index is 10.8. The van der Waals surface area contributed by atoms with Crippen molar-refractivity contribution in [2.24, 2.45) is 0 Å². The molecular formula is C13H18N4O3S. The Kier molecular flexibility index (Phi) is 4.66. The molecule has 8 heteroatoms. The molecule has 0 saturated heterocycles. The van der Waals surface area contributed by atoms with Crippen molar-refractivity contribution in [2.45, 2.75) is 44.8 Å². The first-order valence-corrected chi connectivity index (χ1v) is 7.60. The summed E-state index contributed by atoms with van der Waals surface area (Å²) >= 11 is 1.14. The Morgan fingerprint density at radius 2 is 2.14 bits per heavy atom. The first-order chi connectivity index (χ1) is 9.90. The van der Waals surface area contributed by atoms with Gasteiger partial charge in [0.05, 0.1) is 11.9 Å². The van der Waals surface area contributed by atoms with Crippen LogP contribution in [0.4, 0.5) is 0 Å². The lowest BCUT2D eigenvalue weighted by atomic mass is 10.2. The molecule has 21 heavy (non-hydrogen) atoms. The van der Waals surface area contributed by atoms with Gasteiger partial charge in [0.1, 0.15) is 17.6 Å². The molecule has 0 aliphatic heterocycles. The van der Waals surface area contributed by atoms with Gasteiger partial charge in [0.2, 0.25) is 5.89 Å². The van der Waals surface area contributed by atoms with Gasteiger partial charge in [-0.15, -0.1) is 10.2 Å². The fourth-order valence-corrected chi connectivity index (χ4v) is 2.69. The predicted molar refractivity (Wildman–Crippen MR) is 77.5 cm³/mol.